The van der Waals surface area contributed by atoms with Gasteiger partial charge in [0.2, 0.25) is 0 Å². The summed E-state index contributed by atoms with van der Waals surface area (Å²) in [6.07, 6.45) is 4.64. The molecule has 0 bridgehead atoms. The molecule has 1 aromatic heterocycles. The van der Waals surface area contributed by atoms with E-state index < -0.39 is 5.97 Å². The van der Waals surface area contributed by atoms with E-state index in [0.717, 1.165) is 23.3 Å². The molecule has 158 valence electrons. The molecule has 1 aliphatic rings. The van der Waals surface area contributed by atoms with Crippen molar-refractivity contribution in [3.05, 3.63) is 75.7 Å². The van der Waals surface area contributed by atoms with Crippen molar-refractivity contribution in [2.75, 3.05) is 6.54 Å². The fourth-order valence-corrected chi connectivity index (χ4v) is 4.86. The first-order valence-electron chi connectivity index (χ1n) is 10.2. The molecule has 31 heavy (non-hydrogen) atoms. The van der Waals surface area contributed by atoms with E-state index in [4.69, 9.17) is 5.11 Å². The van der Waals surface area contributed by atoms with Crippen LogP contribution in [0.5, 0.6) is 5.75 Å². The van der Waals surface area contributed by atoms with Crippen LogP contribution in [-0.2, 0) is 12.8 Å². The average molecular weight is 434 g/mol. The molecule has 4 rings (SSSR count). The van der Waals surface area contributed by atoms with Crippen molar-refractivity contribution in [3.63, 3.8) is 0 Å². The van der Waals surface area contributed by atoms with E-state index in [2.05, 4.69) is 23.2 Å². The molecule has 2 N–H and O–H groups in total. The molecular weight excluding hydrogens is 410 g/mol. The van der Waals surface area contributed by atoms with Crippen molar-refractivity contribution in [2.45, 2.75) is 32.6 Å². The predicted octanol–water partition coefficient (Wildman–Crippen LogP) is 5.39. The fraction of sp³-hybridized carbons (Fsp3) is 0.240. The van der Waals surface area contributed by atoms with Gasteiger partial charge in [-0.15, -0.1) is 11.3 Å². The van der Waals surface area contributed by atoms with Gasteiger partial charge in [0.05, 0.1) is 10.4 Å². The van der Waals surface area contributed by atoms with Gasteiger partial charge in [0.15, 0.2) is 5.78 Å². The van der Waals surface area contributed by atoms with Crippen LogP contribution in [0, 0.1) is 0 Å². The molecule has 0 atom stereocenters. The average Bonchev–Trinajstić information content (AvgIpc) is 3.18. The number of thiophene rings is 1. The highest BCUT2D eigenvalue weighted by Gasteiger charge is 2.17. The van der Waals surface area contributed by atoms with Gasteiger partial charge in [0.1, 0.15) is 12.3 Å². The molecule has 3 aromatic rings. The van der Waals surface area contributed by atoms with Gasteiger partial charge in [0.25, 0.3) is 0 Å². The lowest BCUT2D eigenvalue weighted by Crippen LogP contribution is -2.07. The van der Waals surface area contributed by atoms with Crippen molar-refractivity contribution in [3.8, 4) is 16.2 Å². The molecule has 1 aliphatic carbocycles. The molecule has 0 amide bonds. The van der Waals surface area contributed by atoms with E-state index in [1.807, 2.05) is 5.38 Å². The van der Waals surface area contributed by atoms with Gasteiger partial charge in [-0.05, 0) is 67.5 Å². The number of fused-ring (bicyclic) bond motifs is 1. The number of nitrogens with zero attached hydrogens (tertiary/aromatic N) is 1. The Kier molecular flexibility index (Phi) is 6.00. The van der Waals surface area contributed by atoms with Crippen molar-refractivity contribution in [2.24, 2.45) is 4.99 Å². The molecule has 5 nitrogen and oxygen atoms in total. The van der Waals surface area contributed by atoms with Crippen molar-refractivity contribution < 1.29 is 19.8 Å². The van der Waals surface area contributed by atoms with Crippen LogP contribution in [0.3, 0.4) is 0 Å². The largest absolute Gasteiger partial charge is 0.506 e. The van der Waals surface area contributed by atoms with Crippen molar-refractivity contribution in [1.29, 1.82) is 0 Å². The molecule has 0 saturated carbocycles. The van der Waals surface area contributed by atoms with E-state index in [-0.39, 0.29) is 23.6 Å². The van der Waals surface area contributed by atoms with Crippen LogP contribution in [-0.4, -0.2) is 34.2 Å². The van der Waals surface area contributed by atoms with E-state index >= 15 is 0 Å². The summed E-state index contributed by atoms with van der Waals surface area (Å²) >= 11 is 1.47. The number of carbonyl (C=O) groups excluding carboxylic acids is 1. The summed E-state index contributed by atoms with van der Waals surface area (Å²) < 4.78 is 0. The van der Waals surface area contributed by atoms with Crippen LogP contribution < -0.4 is 0 Å². The molecule has 0 saturated heterocycles. The Morgan fingerprint density at radius 2 is 1.68 bits per heavy atom. The first-order chi connectivity index (χ1) is 14.9. The molecular formula is C25H23NO4S. The molecule has 0 unspecified atom stereocenters. The highest BCUT2D eigenvalue weighted by Crippen LogP contribution is 2.40. The van der Waals surface area contributed by atoms with Crippen molar-refractivity contribution in [1.82, 2.24) is 0 Å². The normalized spacial score (nSPS) is 13.6. The summed E-state index contributed by atoms with van der Waals surface area (Å²) in [6, 6.07) is 12.2. The second kappa shape index (κ2) is 8.86. The SMILES string of the molecule is CC(=NCC(=O)c1ccc(C(=O)O)cc1)c1csc(-c2ccc3c(c2)CCCC3)c1O. The highest BCUT2D eigenvalue weighted by molar-refractivity contribution is 7.14. The lowest BCUT2D eigenvalue weighted by molar-refractivity contribution is 0.0696. The number of carbonyl (C=O) groups is 2. The third-order valence-corrected chi connectivity index (χ3v) is 6.70. The smallest absolute Gasteiger partial charge is 0.335 e. The van der Waals surface area contributed by atoms with Crippen LogP contribution in [0.4, 0.5) is 0 Å². The summed E-state index contributed by atoms with van der Waals surface area (Å²) in [5.41, 5.74) is 5.54. The van der Waals surface area contributed by atoms with Crippen LogP contribution in [0.25, 0.3) is 10.4 Å². The number of aromatic hydroxyl groups is 1. The Balaban J connectivity index is 1.51. The van der Waals surface area contributed by atoms with E-state index in [1.165, 1.54) is 59.6 Å². The zero-order chi connectivity index (χ0) is 22.0. The summed E-state index contributed by atoms with van der Waals surface area (Å²) in [4.78, 5) is 28.5. The van der Waals surface area contributed by atoms with Crippen LogP contribution in [0.2, 0.25) is 0 Å². The third kappa shape index (κ3) is 4.44. The second-order valence-corrected chi connectivity index (χ2v) is 8.60. The summed E-state index contributed by atoms with van der Waals surface area (Å²) in [6.45, 7) is 1.71. The molecule has 0 spiro atoms. The van der Waals surface area contributed by atoms with Crippen LogP contribution >= 0.6 is 11.3 Å². The van der Waals surface area contributed by atoms with Gasteiger partial charge in [-0.3, -0.25) is 9.79 Å². The van der Waals surface area contributed by atoms with E-state index in [0.29, 0.717) is 16.8 Å². The first-order valence-corrected chi connectivity index (χ1v) is 11.1. The molecule has 2 aromatic carbocycles. The number of aliphatic imine (C=N–C) groups is 1. The number of aromatic carboxylic acids is 1. The molecule has 0 aliphatic heterocycles. The number of aryl methyl sites for hydroxylation is 2. The predicted molar refractivity (Wildman–Crippen MR) is 123 cm³/mol. The first kappa shape index (κ1) is 21.0. The monoisotopic (exact) mass is 433 g/mol. The number of Topliss-reactive ketones (excluding diaryl/α,β-unsaturated/α-hetero) is 1. The Morgan fingerprint density at radius 1 is 1.00 bits per heavy atom. The maximum atomic E-state index is 12.4. The quantitative estimate of drug-likeness (QED) is 0.403. The minimum atomic E-state index is -1.03. The maximum absolute atomic E-state index is 12.4. The minimum absolute atomic E-state index is 0.0677. The molecule has 1 heterocycles. The Bertz CT molecular complexity index is 1170. The lowest BCUT2D eigenvalue weighted by Gasteiger charge is -2.16. The third-order valence-electron chi connectivity index (χ3n) is 5.68. The second-order valence-electron chi connectivity index (χ2n) is 7.73. The topological polar surface area (TPSA) is 87.0 Å². The number of rotatable bonds is 6. The van der Waals surface area contributed by atoms with Gasteiger partial charge in [-0.2, -0.15) is 0 Å². The summed E-state index contributed by atoms with van der Waals surface area (Å²) in [7, 11) is 0. The minimum Gasteiger partial charge on any atom is -0.506 e. The summed E-state index contributed by atoms with van der Waals surface area (Å²) in [5, 5.41) is 21.6. The number of benzene rings is 2. The Morgan fingerprint density at radius 3 is 2.39 bits per heavy atom. The number of carboxylic acid groups (broad SMARTS) is 1. The van der Waals surface area contributed by atoms with Gasteiger partial charge >= 0.3 is 5.97 Å². The number of carboxylic acids is 1. The van der Waals surface area contributed by atoms with E-state index in [9.17, 15) is 14.7 Å². The van der Waals surface area contributed by atoms with Crippen LogP contribution in [0.1, 0.15) is 57.2 Å². The van der Waals surface area contributed by atoms with Crippen LogP contribution in [0.15, 0.2) is 52.8 Å². The fourth-order valence-electron chi connectivity index (χ4n) is 3.85. The Labute approximate surface area is 184 Å². The van der Waals surface area contributed by atoms with E-state index in [1.54, 1.807) is 6.92 Å². The maximum Gasteiger partial charge on any atom is 0.335 e. The molecule has 0 fully saturated rings. The number of hydrogen-bond acceptors (Lipinski definition) is 5. The van der Waals surface area contributed by atoms with Gasteiger partial charge in [-0.1, -0.05) is 24.3 Å². The van der Waals surface area contributed by atoms with Gasteiger partial charge in [0, 0.05) is 22.2 Å². The van der Waals surface area contributed by atoms with Crippen molar-refractivity contribution >= 4 is 28.8 Å². The Hall–Kier alpha value is -3.25. The number of ketones is 1. The van der Waals surface area contributed by atoms with Gasteiger partial charge < -0.3 is 10.2 Å². The molecule has 0 radical (unpaired) electrons. The lowest BCUT2D eigenvalue weighted by atomic mass is 9.90. The zero-order valence-electron chi connectivity index (χ0n) is 17.2. The summed E-state index contributed by atoms with van der Waals surface area (Å²) in [5.74, 6) is -1.04. The molecule has 6 heteroatoms. The highest BCUT2D eigenvalue weighted by atomic mass is 32.1. The standard InChI is InChI=1S/C25H23NO4S/c1-15(26-13-22(27)17-7-9-18(10-8-17)25(29)30)21-14-31-24(23(21)28)20-11-6-16-4-2-3-5-19(16)12-20/h6-12,14,28H,2-5,13H2,1H3,(H,29,30). The number of hydrogen-bond donors (Lipinski definition) is 2. The zero-order valence-corrected chi connectivity index (χ0v) is 18.0. The van der Waals surface area contributed by atoms with Gasteiger partial charge in [-0.25, -0.2) is 4.79 Å².